The van der Waals surface area contributed by atoms with Crippen molar-refractivity contribution < 1.29 is 5.11 Å². The molecule has 2 atom stereocenters. The van der Waals surface area contributed by atoms with Crippen LogP contribution in [0.4, 0.5) is 0 Å². The molecule has 3 heterocycles. The fourth-order valence-electron chi connectivity index (χ4n) is 3.21. The van der Waals surface area contributed by atoms with Crippen LogP contribution in [0.3, 0.4) is 0 Å². The molecule has 3 aliphatic rings. The van der Waals surface area contributed by atoms with Gasteiger partial charge in [-0.05, 0) is 43.8 Å². The first-order valence-electron chi connectivity index (χ1n) is 6.31. The SMILES string of the molecule is O[C@H](c1ccccc1)C1CC2CCN1CC2. The summed E-state index contributed by atoms with van der Waals surface area (Å²) in [5.74, 6) is 0.855. The molecule has 1 aromatic carbocycles. The lowest BCUT2D eigenvalue weighted by Crippen LogP contribution is -2.51. The molecule has 1 aromatic rings. The molecule has 3 fully saturated rings. The fraction of sp³-hybridized carbons (Fsp3) is 0.571. The van der Waals surface area contributed by atoms with Gasteiger partial charge >= 0.3 is 0 Å². The third-order valence-corrected chi connectivity index (χ3v) is 4.20. The van der Waals surface area contributed by atoms with Crippen LogP contribution in [0, 0.1) is 5.92 Å². The Labute approximate surface area is 96.9 Å². The maximum absolute atomic E-state index is 10.4. The minimum atomic E-state index is -0.302. The van der Waals surface area contributed by atoms with Crippen LogP contribution in [0.1, 0.15) is 30.9 Å². The smallest absolute Gasteiger partial charge is 0.0945 e. The Morgan fingerprint density at radius 2 is 1.81 bits per heavy atom. The second-order valence-electron chi connectivity index (χ2n) is 5.14. The van der Waals surface area contributed by atoms with E-state index in [1.165, 1.54) is 32.4 Å². The molecule has 0 aromatic heterocycles. The van der Waals surface area contributed by atoms with Crippen molar-refractivity contribution in [2.75, 3.05) is 13.1 Å². The predicted octanol–water partition coefficient (Wildman–Crippen LogP) is 2.20. The maximum atomic E-state index is 10.4. The molecule has 86 valence electrons. The first-order valence-corrected chi connectivity index (χ1v) is 6.31. The molecule has 2 bridgehead atoms. The van der Waals surface area contributed by atoms with Crippen LogP contribution < -0.4 is 0 Å². The number of benzene rings is 1. The van der Waals surface area contributed by atoms with E-state index in [0.29, 0.717) is 6.04 Å². The summed E-state index contributed by atoms with van der Waals surface area (Å²) in [6, 6.07) is 10.4. The number of aliphatic hydroxyl groups is 1. The van der Waals surface area contributed by atoms with E-state index in [9.17, 15) is 5.11 Å². The third kappa shape index (κ3) is 1.76. The lowest BCUT2D eigenvalue weighted by atomic mass is 9.80. The summed E-state index contributed by atoms with van der Waals surface area (Å²) in [4.78, 5) is 2.47. The Morgan fingerprint density at radius 1 is 1.12 bits per heavy atom. The average molecular weight is 217 g/mol. The lowest BCUT2D eigenvalue weighted by Gasteiger charge is -2.47. The number of fused-ring (bicyclic) bond motifs is 3. The number of nitrogens with zero attached hydrogens (tertiary/aromatic N) is 1. The van der Waals surface area contributed by atoms with Crippen LogP contribution in [0.2, 0.25) is 0 Å². The molecule has 2 nitrogen and oxygen atoms in total. The first kappa shape index (κ1) is 10.3. The molecule has 3 aliphatic heterocycles. The minimum absolute atomic E-state index is 0.302. The van der Waals surface area contributed by atoms with Crippen molar-refractivity contribution in [1.82, 2.24) is 4.90 Å². The molecule has 2 heteroatoms. The number of hydrogen-bond donors (Lipinski definition) is 1. The van der Waals surface area contributed by atoms with Gasteiger partial charge in [-0.15, -0.1) is 0 Å². The molecule has 3 saturated heterocycles. The molecule has 4 rings (SSSR count). The second kappa shape index (κ2) is 4.19. The molecule has 0 aliphatic carbocycles. The van der Waals surface area contributed by atoms with E-state index in [1.807, 2.05) is 30.3 Å². The monoisotopic (exact) mass is 217 g/mol. The Hall–Kier alpha value is -0.860. The standard InChI is InChI=1S/C14H19NO/c16-14(12-4-2-1-3-5-12)13-10-11-6-8-15(13)9-7-11/h1-5,11,13-14,16H,6-10H2/t13?,14-/m1/s1. The van der Waals surface area contributed by atoms with Crippen molar-refractivity contribution in [2.45, 2.75) is 31.4 Å². The lowest BCUT2D eigenvalue weighted by molar-refractivity contribution is -0.0268. The van der Waals surface area contributed by atoms with Crippen molar-refractivity contribution >= 4 is 0 Å². The molecule has 1 unspecified atom stereocenters. The summed E-state index contributed by atoms with van der Waals surface area (Å²) in [7, 11) is 0. The van der Waals surface area contributed by atoms with Crippen molar-refractivity contribution in [3.63, 3.8) is 0 Å². The molecule has 0 amide bonds. The van der Waals surface area contributed by atoms with E-state index in [0.717, 1.165) is 11.5 Å². The van der Waals surface area contributed by atoms with E-state index in [2.05, 4.69) is 4.90 Å². The molecule has 0 saturated carbocycles. The quantitative estimate of drug-likeness (QED) is 0.821. The minimum Gasteiger partial charge on any atom is -0.387 e. The highest BCUT2D eigenvalue weighted by atomic mass is 16.3. The number of piperidine rings is 3. The van der Waals surface area contributed by atoms with Crippen molar-refractivity contribution in [3.8, 4) is 0 Å². The van der Waals surface area contributed by atoms with Gasteiger partial charge in [0.1, 0.15) is 0 Å². The molecular formula is C14H19NO. The highest BCUT2D eigenvalue weighted by Gasteiger charge is 2.37. The van der Waals surface area contributed by atoms with Gasteiger partial charge in [0.2, 0.25) is 0 Å². The average Bonchev–Trinajstić information content (AvgIpc) is 2.40. The van der Waals surface area contributed by atoms with Crippen LogP contribution in [0.25, 0.3) is 0 Å². The van der Waals surface area contributed by atoms with E-state index in [-0.39, 0.29) is 6.10 Å². The Morgan fingerprint density at radius 3 is 2.38 bits per heavy atom. The Kier molecular flexibility index (Phi) is 2.70. The van der Waals surface area contributed by atoms with Crippen LogP contribution in [0.5, 0.6) is 0 Å². The highest BCUT2D eigenvalue weighted by Crippen LogP contribution is 2.37. The van der Waals surface area contributed by atoms with Gasteiger partial charge in [0, 0.05) is 6.04 Å². The molecule has 16 heavy (non-hydrogen) atoms. The largest absolute Gasteiger partial charge is 0.387 e. The summed E-state index contributed by atoms with van der Waals surface area (Å²) >= 11 is 0. The Bertz CT molecular complexity index is 343. The van der Waals surface area contributed by atoms with Gasteiger partial charge in [-0.1, -0.05) is 30.3 Å². The van der Waals surface area contributed by atoms with E-state index in [4.69, 9.17) is 0 Å². The predicted molar refractivity (Wildman–Crippen MR) is 64.1 cm³/mol. The summed E-state index contributed by atoms with van der Waals surface area (Å²) in [6.07, 6.45) is 3.54. The first-order chi connectivity index (χ1) is 7.84. The zero-order chi connectivity index (χ0) is 11.0. The van der Waals surface area contributed by atoms with Crippen molar-refractivity contribution in [2.24, 2.45) is 5.92 Å². The van der Waals surface area contributed by atoms with Gasteiger partial charge < -0.3 is 5.11 Å². The topological polar surface area (TPSA) is 23.5 Å². The van der Waals surface area contributed by atoms with Crippen LogP contribution in [-0.2, 0) is 0 Å². The van der Waals surface area contributed by atoms with Crippen molar-refractivity contribution in [3.05, 3.63) is 35.9 Å². The Balaban J connectivity index is 1.78. The highest BCUT2D eigenvalue weighted by molar-refractivity contribution is 5.19. The molecule has 1 N–H and O–H groups in total. The number of aliphatic hydroxyl groups excluding tert-OH is 1. The summed E-state index contributed by atoms with van der Waals surface area (Å²) in [5.41, 5.74) is 1.07. The maximum Gasteiger partial charge on any atom is 0.0945 e. The van der Waals surface area contributed by atoms with Gasteiger partial charge in [0.25, 0.3) is 0 Å². The summed E-state index contributed by atoms with van der Waals surface area (Å²) in [5, 5.41) is 10.4. The van der Waals surface area contributed by atoms with Gasteiger partial charge in [0.15, 0.2) is 0 Å². The van der Waals surface area contributed by atoms with Gasteiger partial charge in [-0.25, -0.2) is 0 Å². The third-order valence-electron chi connectivity index (χ3n) is 4.20. The fourth-order valence-corrected chi connectivity index (χ4v) is 3.21. The van der Waals surface area contributed by atoms with Crippen LogP contribution in [0.15, 0.2) is 30.3 Å². The summed E-state index contributed by atoms with van der Waals surface area (Å²) in [6.45, 7) is 2.36. The zero-order valence-corrected chi connectivity index (χ0v) is 9.55. The van der Waals surface area contributed by atoms with Gasteiger partial charge in [-0.3, -0.25) is 4.90 Å². The number of rotatable bonds is 2. The van der Waals surface area contributed by atoms with E-state index >= 15 is 0 Å². The zero-order valence-electron chi connectivity index (χ0n) is 9.55. The normalized spacial score (nSPS) is 34.9. The van der Waals surface area contributed by atoms with Crippen LogP contribution in [-0.4, -0.2) is 29.1 Å². The molecule has 0 radical (unpaired) electrons. The van der Waals surface area contributed by atoms with E-state index in [1.54, 1.807) is 0 Å². The molecule has 0 spiro atoms. The molecular weight excluding hydrogens is 198 g/mol. The van der Waals surface area contributed by atoms with E-state index < -0.39 is 0 Å². The second-order valence-corrected chi connectivity index (χ2v) is 5.14. The van der Waals surface area contributed by atoms with Gasteiger partial charge in [0.05, 0.1) is 6.10 Å². The summed E-state index contributed by atoms with van der Waals surface area (Å²) < 4.78 is 0. The van der Waals surface area contributed by atoms with Crippen molar-refractivity contribution in [1.29, 1.82) is 0 Å². The number of hydrogen-bond acceptors (Lipinski definition) is 2. The van der Waals surface area contributed by atoms with Crippen LogP contribution >= 0.6 is 0 Å². The van der Waals surface area contributed by atoms with Gasteiger partial charge in [-0.2, -0.15) is 0 Å².